The lowest BCUT2D eigenvalue weighted by atomic mass is 9.96. The molecule has 2 aromatic rings. The SMILES string of the molecule is CCOP(=O)(O)O[C@H]1C[C@H]2CC[C@@H](C1)N2c1ccc(C#N)c2ccccc12. The van der Waals surface area contributed by atoms with Crippen molar-refractivity contribution in [1.29, 1.82) is 5.26 Å². The average molecular weight is 386 g/mol. The number of piperidine rings is 1. The van der Waals surface area contributed by atoms with Gasteiger partial charge in [-0.1, -0.05) is 24.3 Å². The van der Waals surface area contributed by atoms with E-state index in [1.54, 1.807) is 6.92 Å². The van der Waals surface area contributed by atoms with Crippen LogP contribution >= 0.6 is 7.82 Å². The molecule has 2 aliphatic rings. The molecule has 27 heavy (non-hydrogen) atoms. The molecule has 2 heterocycles. The Morgan fingerprint density at radius 3 is 2.48 bits per heavy atom. The lowest BCUT2D eigenvalue weighted by Crippen LogP contribution is -2.45. The van der Waals surface area contributed by atoms with Crippen LogP contribution in [0.3, 0.4) is 0 Å². The first-order chi connectivity index (χ1) is 13.0. The molecule has 0 amide bonds. The number of benzene rings is 2. The van der Waals surface area contributed by atoms with Crippen LogP contribution < -0.4 is 4.90 Å². The summed E-state index contributed by atoms with van der Waals surface area (Å²) in [7, 11) is -3.98. The standard InChI is InChI=1S/C20H23N2O4P/c1-2-25-27(23,24)26-17-11-15-8-9-16(12-17)22(15)20-10-7-14(13-21)18-5-3-4-6-19(18)20/h3-7,10,15-17H,2,8-9,11-12H2,1H3,(H,23,24)/t15-,16+,17+. The number of phosphoric acid groups is 1. The van der Waals surface area contributed by atoms with Gasteiger partial charge in [-0.3, -0.25) is 9.05 Å². The van der Waals surface area contributed by atoms with E-state index in [9.17, 15) is 14.7 Å². The molecular formula is C20H23N2O4P. The smallest absolute Gasteiger partial charge is 0.365 e. The predicted molar refractivity (Wildman–Crippen MR) is 104 cm³/mol. The normalized spacial score (nSPS) is 26.7. The summed E-state index contributed by atoms with van der Waals surface area (Å²) in [5.74, 6) is 0. The lowest BCUT2D eigenvalue weighted by molar-refractivity contribution is 0.0833. The van der Waals surface area contributed by atoms with E-state index >= 15 is 0 Å². The predicted octanol–water partition coefficient (Wildman–Crippen LogP) is 4.36. The van der Waals surface area contributed by atoms with Gasteiger partial charge in [-0.05, 0) is 44.7 Å². The number of rotatable bonds is 5. The molecule has 4 atom stereocenters. The molecule has 0 radical (unpaired) electrons. The Kier molecular flexibility index (Phi) is 4.96. The molecule has 2 aliphatic heterocycles. The molecule has 1 N–H and O–H groups in total. The Morgan fingerprint density at radius 2 is 1.85 bits per heavy atom. The molecule has 7 heteroatoms. The molecule has 0 aliphatic carbocycles. The molecule has 142 valence electrons. The van der Waals surface area contributed by atoms with Crippen LogP contribution in [-0.4, -0.2) is 29.7 Å². The minimum absolute atomic E-state index is 0.150. The molecular weight excluding hydrogens is 363 g/mol. The fraction of sp³-hybridized carbons (Fsp3) is 0.450. The van der Waals surface area contributed by atoms with E-state index in [0.29, 0.717) is 18.4 Å². The minimum atomic E-state index is -3.98. The molecule has 0 spiro atoms. The van der Waals surface area contributed by atoms with Crippen LogP contribution in [-0.2, 0) is 13.6 Å². The van der Waals surface area contributed by atoms with Crippen LogP contribution in [0.2, 0.25) is 0 Å². The van der Waals surface area contributed by atoms with Gasteiger partial charge in [0.05, 0.1) is 24.3 Å². The highest BCUT2D eigenvalue weighted by molar-refractivity contribution is 7.47. The molecule has 0 saturated carbocycles. The number of nitriles is 1. The third-order valence-corrected chi connectivity index (χ3v) is 6.71. The zero-order valence-corrected chi connectivity index (χ0v) is 16.1. The number of nitrogens with zero attached hydrogens (tertiary/aromatic N) is 2. The van der Waals surface area contributed by atoms with Gasteiger partial charge < -0.3 is 9.79 Å². The first-order valence-corrected chi connectivity index (χ1v) is 10.9. The maximum Gasteiger partial charge on any atom is 0.472 e. The van der Waals surface area contributed by atoms with Gasteiger partial charge in [0.2, 0.25) is 0 Å². The number of phosphoric ester groups is 1. The maximum atomic E-state index is 12.0. The number of anilines is 1. The highest BCUT2D eigenvalue weighted by atomic mass is 31.2. The third-order valence-electron chi connectivity index (χ3n) is 5.56. The lowest BCUT2D eigenvalue weighted by Gasteiger charge is -2.41. The second-order valence-electron chi connectivity index (χ2n) is 7.17. The van der Waals surface area contributed by atoms with E-state index < -0.39 is 7.82 Å². The summed E-state index contributed by atoms with van der Waals surface area (Å²) >= 11 is 0. The summed E-state index contributed by atoms with van der Waals surface area (Å²) in [5.41, 5.74) is 1.81. The van der Waals surface area contributed by atoms with Gasteiger partial charge in [-0.25, -0.2) is 4.57 Å². The van der Waals surface area contributed by atoms with Gasteiger partial charge in [0.25, 0.3) is 0 Å². The van der Waals surface area contributed by atoms with Crippen molar-refractivity contribution in [3.05, 3.63) is 42.0 Å². The van der Waals surface area contributed by atoms with Crippen molar-refractivity contribution in [3.8, 4) is 6.07 Å². The zero-order chi connectivity index (χ0) is 19.0. The third kappa shape index (κ3) is 3.49. The first-order valence-electron chi connectivity index (χ1n) is 9.38. The van der Waals surface area contributed by atoms with Crippen LogP contribution in [0.25, 0.3) is 10.8 Å². The van der Waals surface area contributed by atoms with E-state index in [1.165, 1.54) is 0 Å². The maximum absolute atomic E-state index is 12.0. The van der Waals surface area contributed by atoms with Gasteiger partial charge in [0, 0.05) is 28.5 Å². The van der Waals surface area contributed by atoms with Gasteiger partial charge >= 0.3 is 7.82 Å². The Bertz CT molecular complexity index is 927. The van der Waals surface area contributed by atoms with E-state index in [-0.39, 0.29) is 24.8 Å². The van der Waals surface area contributed by atoms with Crippen molar-refractivity contribution < 1.29 is 18.5 Å². The van der Waals surface area contributed by atoms with Gasteiger partial charge in [0.15, 0.2) is 0 Å². The summed E-state index contributed by atoms with van der Waals surface area (Å²) in [6.45, 7) is 1.82. The van der Waals surface area contributed by atoms with Crippen LogP contribution in [0.15, 0.2) is 36.4 Å². The zero-order valence-electron chi connectivity index (χ0n) is 15.2. The Labute approximate surface area is 158 Å². The summed E-state index contributed by atoms with van der Waals surface area (Å²) in [4.78, 5) is 12.2. The second-order valence-corrected chi connectivity index (χ2v) is 8.57. The van der Waals surface area contributed by atoms with E-state index in [4.69, 9.17) is 9.05 Å². The van der Waals surface area contributed by atoms with E-state index in [2.05, 4.69) is 17.0 Å². The van der Waals surface area contributed by atoms with Gasteiger partial charge in [-0.2, -0.15) is 5.26 Å². The largest absolute Gasteiger partial charge is 0.472 e. The summed E-state index contributed by atoms with van der Waals surface area (Å²) < 4.78 is 22.3. The number of fused-ring (bicyclic) bond motifs is 3. The van der Waals surface area contributed by atoms with Crippen molar-refractivity contribution in [3.63, 3.8) is 0 Å². The summed E-state index contributed by atoms with van der Waals surface area (Å²) in [6.07, 6.45) is 3.18. The fourth-order valence-corrected chi connectivity index (χ4v) is 5.53. The van der Waals surface area contributed by atoms with E-state index in [1.807, 2.05) is 30.3 Å². The Hall–Kier alpha value is -1.90. The summed E-state index contributed by atoms with van der Waals surface area (Å²) in [6, 6.07) is 14.7. The molecule has 2 aromatic carbocycles. The highest BCUT2D eigenvalue weighted by Gasteiger charge is 2.43. The van der Waals surface area contributed by atoms with Crippen LogP contribution in [0, 0.1) is 11.3 Å². The molecule has 2 bridgehead atoms. The molecule has 2 saturated heterocycles. The van der Waals surface area contributed by atoms with Crippen molar-refractivity contribution in [2.24, 2.45) is 0 Å². The van der Waals surface area contributed by atoms with Crippen LogP contribution in [0.5, 0.6) is 0 Å². The topological polar surface area (TPSA) is 82.8 Å². The number of hydrogen-bond donors (Lipinski definition) is 1. The minimum Gasteiger partial charge on any atom is -0.365 e. The molecule has 4 rings (SSSR count). The van der Waals surface area contributed by atoms with Crippen molar-refractivity contribution in [2.45, 2.75) is 50.8 Å². The average Bonchev–Trinajstić information content (AvgIpc) is 2.90. The quantitative estimate of drug-likeness (QED) is 0.769. The van der Waals surface area contributed by atoms with E-state index in [0.717, 1.165) is 29.3 Å². The van der Waals surface area contributed by atoms with Crippen molar-refractivity contribution in [2.75, 3.05) is 11.5 Å². The van der Waals surface area contributed by atoms with Gasteiger partial charge in [0.1, 0.15) is 0 Å². The molecule has 6 nitrogen and oxygen atoms in total. The van der Waals surface area contributed by atoms with Crippen LogP contribution in [0.1, 0.15) is 38.2 Å². The fourth-order valence-electron chi connectivity index (χ4n) is 4.59. The molecule has 0 aromatic heterocycles. The second kappa shape index (κ2) is 7.26. The Balaban J connectivity index is 1.62. The molecule has 1 unspecified atom stereocenters. The summed E-state index contributed by atoms with van der Waals surface area (Å²) in [5, 5.41) is 11.4. The van der Waals surface area contributed by atoms with Crippen molar-refractivity contribution in [1.82, 2.24) is 0 Å². The van der Waals surface area contributed by atoms with Crippen molar-refractivity contribution >= 4 is 24.3 Å². The highest BCUT2D eigenvalue weighted by Crippen LogP contribution is 2.50. The number of hydrogen-bond acceptors (Lipinski definition) is 5. The van der Waals surface area contributed by atoms with Crippen LogP contribution in [0.4, 0.5) is 5.69 Å². The van der Waals surface area contributed by atoms with Gasteiger partial charge in [-0.15, -0.1) is 0 Å². The monoisotopic (exact) mass is 386 g/mol. The first kappa shape index (κ1) is 18.5. The Morgan fingerprint density at radius 1 is 1.19 bits per heavy atom. The molecule has 2 fully saturated rings.